The highest BCUT2D eigenvalue weighted by Gasteiger charge is 2.02. The van der Waals surface area contributed by atoms with Crippen LogP contribution in [0.1, 0.15) is 20.7 Å². The van der Waals surface area contributed by atoms with Gasteiger partial charge in [-0.3, -0.25) is 0 Å². The van der Waals surface area contributed by atoms with Gasteiger partial charge >= 0.3 is 11.9 Å². The molecule has 1 aromatic heterocycles. The third-order valence-electron chi connectivity index (χ3n) is 3.43. The Morgan fingerprint density at radius 2 is 0.963 bits per heavy atom. The molecule has 27 heavy (non-hydrogen) atoms. The third-order valence-corrected chi connectivity index (χ3v) is 3.43. The van der Waals surface area contributed by atoms with Crippen molar-refractivity contribution in [3.63, 3.8) is 0 Å². The monoisotopic (exact) mass is 363 g/mol. The lowest BCUT2D eigenvalue weighted by molar-refractivity contribution is 0.0686. The van der Waals surface area contributed by atoms with Gasteiger partial charge in [0, 0.05) is 0 Å². The highest BCUT2D eigenvalue weighted by Crippen LogP contribution is 2.23. The largest absolute Gasteiger partial charge is 0.478 e. The van der Waals surface area contributed by atoms with Gasteiger partial charge in [0.2, 0.25) is 0 Å². The second kappa shape index (κ2) is 7.83. The fourth-order valence-electron chi connectivity index (χ4n) is 2.05. The molecule has 0 radical (unpaired) electrons. The van der Waals surface area contributed by atoms with Crippen molar-refractivity contribution in [2.24, 2.45) is 20.5 Å². The Kier molecular flexibility index (Phi) is 5.12. The van der Waals surface area contributed by atoms with Crippen molar-refractivity contribution < 1.29 is 19.8 Å². The molecule has 1 heterocycles. The molecule has 0 fully saturated rings. The van der Waals surface area contributed by atoms with E-state index in [1.165, 1.54) is 24.3 Å². The highest BCUT2D eigenvalue weighted by atomic mass is 16.4. The number of benzene rings is 2. The minimum absolute atomic E-state index is 0.174. The number of carboxylic acid groups (broad SMARTS) is 2. The minimum Gasteiger partial charge on any atom is -0.478 e. The fraction of sp³-hybridized carbons (Fsp3) is 0. The normalized spacial score (nSPS) is 11.3. The summed E-state index contributed by atoms with van der Waals surface area (Å²) in [6.07, 6.45) is 0. The van der Waals surface area contributed by atoms with E-state index >= 15 is 0 Å². The van der Waals surface area contributed by atoms with E-state index in [4.69, 9.17) is 10.2 Å². The predicted octanol–water partition coefficient (Wildman–Crippen LogP) is 5.24. The van der Waals surface area contributed by atoms with Crippen LogP contribution in [-0.2, 0) is 0 Å². The average molecular weight is 363 g/mol. The van der Waals surface area contributed by atoms with Gasteiger partial charge < -0.3 is 15.2 Å². The molecule has 0 atom stereocenters. The van der Waals surface area contributed by atoms with Gasteiger partial charge in [0.05, 0.1) is 22.5 Å². The maximum absolute atomic E-state index is 10.8. The topological polar surface area (TPSA) is 140 Å². The number of nitrogens with one attached hydrogen (secondary N) is 1. The number of aromatic amines is 1. The first-order valence-corrected chi connectivity index (χ1v) is 7.70. The number of rotatable bonds is 6. The molecule has 9 heteroatoms. The van der Waals surface area contributed by atoms with E-state index in [1.54, 1.807) is 36.4 Å². The number of H-pyrrole nitrogens is 1. The van der Waals surface area contributed by atoms with Gasteiger partial charge in [0.1, 0.15) is 0 Å². The van der Waals surface area contributed by atoms with Gasteiger partial charge in [-0.05, 0) is 60.7 Å². The summed E-state index contributed by atoms with van der Waals surface area (Å²) < 4.78 is 0. The average Bonchev–Trinajstić information content (AvgIpc) is 3.13. The maximum Gasteiger partial charge on any atom is 0.335 e. The number of aromatic nitrogens is 1. The lowest BCUT2D eigenvalue weighted by Crippen LogP contribution is -1.93. The van der Waals surface area contributed by atoms with Gasteiger partial charge in [-0.25, -0.2) is 9.59 Å². The van der Waals surface area contributed by atoms with Crippen LogP contribution in [0.3, 0.4) is 0 Å². The Bertz CT molecular complexity index is 939. The van der Waals surface area contributed by atoms with Crippen LogP contribution in [0.15, 0.2) is 81.1 Å². The number of azo groups is 2. The predicted molar refractivity (Wildman–Crippen MR) is 95.9 cm³/mol. The third kappa shape index (κ3) is 4.69. The molecule has 0 saturated carbocycles. The van der Waals surface area contributed by atoms with Crippen molar-refractivity contribution in [3.05, 3.63) is 71.8 Å². The van der Waals surface area contributed by atoms with E-state index in [0.717, 1.165) is 0 Å². The van der Waals surface area contributed by atoms with E-state index < -0.39 is 11.9 Å². The molecule has 3 N–H and O–H groups in total. The first kappa shape index (κ1) is 17.7. The second-order valence-corrected chi connectivity index (χ2v) is 5.33. The van der Waals surface area contributed by atoms with Crippen molar-refractivity contribution in [3.8, 4) is 0 Å². The maximum atomic E-state index is 10.8. The van der Waals surface area contributed by atoms with E-state index in [0.29, 0.717) is 23.0 Å². The fourth-order valence-corrected chi connectivity index (χ4v) is 2.05. The molecule has 9 nitrogen and oxygen atoms in total. The van der Waals surface area contributed by atoms with Crippen molar-refractivity contribution in [1.29, 1.82) is 0 Å². The first-order valence-electron chi connectivity index (χ1n) is 7.70. The Labute approximate surface area is 152 Å². The number of carboxylic acids is 2. The molecule has 0 saturated heterocycles. The molecule has 0 aliphatic rings. The van der Waals surface area contributed by atoms with Gasteiger partial charge in [0.25, 0.3) is 0 Å². The van der Waals surface area contributed by atoms with Gasteiger partial charge in [-0.15, -0.1) is 20.5 Å². The van der Waals surface area contributed by atoms with Crippen LogP contribution in [-0.4, -0.2) is 27.1 Å². The zero-order valence-corrected chi connectivity index (χ0v) is 13.8. The molecule has 0 bridgehead atoms. The Morgan fingerprint density at radius 1 is 0.593 bits per heavy atom. The van der Waals surface area contributed by atoms with Crippen molar-refractivity contribution >= 4 is 34.9 Å². The molecular weight excluding hydrogens is 350 g/mol. The summed E-state index contributed by atoms with van der Waals surface area (Å²) in [5, 5.41) is 33.7. The SMILES string of the molecule is O=C(O)c1ccc(N=Nc2ccc(N=Nc3ccc(C(=O)O)cc3)[nH]2)cc1. The van der Waals surface area contributed by atoms with Crippen LogP contribution in [0.2, 0.25) is 0 Å². The molecule has 3 rings (SSSR count). The first-order chi connectivity index (χ1) is 13.0. The van der Waals surface area contributed by atoms with Crippen LogP contribution in [0.4, 0.5) is 23.0 Å². The van der Waals surface area contributed by atoms with Crippen LogP contribution in [0.25, 0.3) is 0 Å². The summed E-state index contributed by atoms with van der Waals surface area (Å²) in [6, 6.07) is 15.3. The van der Waals surface area contributed by atoms with E-state index in [2.05, 4.69) is 25.4 Å². The standard InChI is InChI=1S/C18H13N5O4/c24-17(25)11-1-5-13(6-2-11)20-22-15-9-10-16(19-15)23-21-14-7-3-12(4-8-14)18(26)27/h1-10,19H,(H,24,25)(H,26,27). The minimum atomic E-state index is -1.00. The van der Waals surface area contributed by atoms with Crippen molar-refractivity contribution in [2.45, 2.75) is 0 Å². The van der Waals surface area contributed by atoms with E-state index in [-0.39, 0.29) is 11.1 Å². The van der Waals surface area contributed by atoms with Crippen LogP contribution >= 0.6 is 0 Å². The summed E-state index contributed by atoms with van der Waals surface area (Å²) in [4.78, 5) is 24.5. The smallest absolute Gasteiger partial charge is 0.335 e. The number of nitrogens with zero attached hydrogens (tertiary/aromatic N) is 4. The van der Waals surface area contributed by atoms with Crippen molar-refractivity contribution in [1.82, 2.24) is 4.98 Å². The van der Waals surface area contributed by atoms with E-state index in [1.807, 2.05) is 0 Å². The van der Waals surface area contributed by atoms with Crippen LogP contribution in [0, 0.1) is 0 Å². The summed E-state index contributed by atoms with van der Waals surface area (Å²) in [5.41, 5.74) is 1.37. The number of aromatic carboxylic acids is 2. The summed E-state index contributed by atoms with van der Waals surface area (Å²) in [6.45, 7) is 0. The lowest BCUT2D eigenvalue weighted by Gasteiger charge is -1.95. The molecular formula is C18H13N5O4. The quantitative estimate of drug-likeness (QED) is 0.515. The number of carbonyl (C=O) groups is 2. The molecule has 0 amide bonds. The summed E-state index contributed by atoms with van der Waals surface area (Å²) in [7, 11) is 0. The zero-order valence-electron chi connectivity index (χ0n) is 13.8. The Morgan fingerprint density at radius 3 is 1.30 bits per heavy atom. The van der Waals surface area contributed by atoms with Gasteiger partial charge in [0.15, 0.2) is 11.6 Å². The number of hydrogen-bond acceptors (Lipinski definition) is 6. The molecule has 0 aliphatic carbocycles. The van der Waals surface area contributed by atoms with Gasteiger partial charge in [-0.2, -0.15) is 0 Å². The molecule has 134 valence electrons. The van der Waals surface area contributed by atoms with Crippen LogP contribution < -0.4 is 0 Å². The van der Waals surface area contributed by atoms with Crippen molar-refractivity contribution in [2.75, 3.05) is 0 Å². The second-order valence-electron chi connectivity index (χ2n) is 5.33. The summed E-state index contributed by atoms with van der Waals surface area (Å²) in [5.74, 6) is -1.11. The number of hydrogen-bond donors (Lipinski definition) is 3. The molecule has 0 spiro atoms. The highest BCUT2D eigenvalue weighted by molar-refractivity contribution is 5.88. The summed E-state index contributed by atoms with van der Waals surface area (Å²) >= 11 is 0. The molecule has 3 aromatic rings. The lowest BCUT2D eigenvalue weighted by atomic mass is 10.2. The molecule has 2 aromatic carbocycles. The Hall–Kier alpha value is -4.14. The molecule has 0 unspecified atom stereocenters. The van der Waals surface area contributed by atoms with E-state index in [9.17, 15) is 9.59 Å². The zero-order chi connectivity index (χ0) is 19.2. The van der Waals surface area contributed by atoms with Crippen LogP contribution in [0.5, 0.6) is 0 Å². The Balaban J connectivity index is 1.65. The van der Waals surface area contributed by atoms with Gasteiger partial charge in [-0.1, -0.05) is 0 Å². The molecule has 0 aliphatic heterocycles.